The molecule has 1 saturated carbocycles. The van der Waals surface area contributed by atoms with Crippen LogP contribution >= 0.6 is 0 Å². The van der Waals surface area contributed by atoms with Crippen LogP contribution in [-0.2, 0) is 27.8 Å². The monoisotopic (exact) mass is 230 g/mol. The van der Waals surface area contributed by atoms with Crippen molar-refractivity contribution in [1.29, 1.82) is 0 Å². The van der Waals surface area contributed by atoms with Crippen molar-refractivity contribution in [2.24, 2.45) is 0 Å². The lowest BCUT2D eigenvalue weighted by Gasteiger charge is -2.39. The van der Waals surface area contributed by atoms with Crippen molar-refractivity contribution < 1.29 is 9.53 Å². The fourth-order valence-corrected chi connectivity index (χ4v) is 3.21. The molecule has 0 radical (unpaired) electrons. The minimum atomic E-state index is -0.327. The second-order valence-electron chi connectivity index (χ2n) is 5.26. The Hall–Kier alpha value is -1.31. The number of methoxy groups -OCH3 is 1. The first kappa shape index (κ1) is 10.8. The Kier molecular flexibility index (Phi) is 2.46. The molecule has 2 nitrogen and oxygen atoms in total. The van der Waals surface area contributed by atoms with E-state index in [4.69, 9.17) is 4.74 Å². The summed E-state index contributed by atoms with van der Waals surface area (Å²) >= 11 is 0. The van der Waals surface area contributed by atoms with Gasteiger partial charge >= 0.3 is 5.97 Å². The van der Waals surface area contributed by atoms with E-state index in [-0.39, 0.29) is 11.4 Å². The molecule has 17 heavy (non-hydrogen) atoms. The Labute approximate surface area is 102 Å². The Morgan fingerprint density at radius 3 is 2.59 bits per heavy atom. The third-order valence-electron chi connectivity index (χ3n) is 4.43. The van der Waals surface area contributed by atoms with Gasteiger partial charge in [-0.25, -0.2) is 0 Å². The fraction of sp³-hybridized carbons (Fsp3) is 0.533. The molecule has 0 bridgehead atoms. The lowest BCUT2D eigenvalue weighted by atomic mass is 9.64. The first-order valence-electron chi connectivity index (χ1n) is 6.47. The van der Waals surface area contributed by atoms with Crippen LogP contribution in [0.4, 0.5) is 0 Å². The van der Waals surface area contributed by atoms with E-state index in [9.17, 15) is 4.79 Å². The average Bonchev–Trinajstić information content (AvgIpc) is 2.74. The van der Waals surface area contributed by atoms with Gasteiger partial charge in [0.2, 0.25) is 0 Å². The van der Waals surface area contributed by atoms with Crippen LogP contribution in [0.1, 0.15) is 42.4 Å². The summed E-state index contributed by atoms with van der Waals surface area (Å²) in [6, 6.07) is 6.60. The van der Waals surface area contributed by atoms with Crippen molar-refractivity contribution in [2.75, 3.05) is 7.11 Å². The van der Waals surface area contributed by atoms with Crippen molar-refractivity contribution in [1.82, 2.24) is 0 Å². The SMILES string of the molecule is COC(=O)C1(c2ccc3c(c2)CCC3)CCC1. The van der Waals surface area contributed by atoms with Gasteiger partial charge in [-0.3, -0.25) is 4.79 Å². The normalized spacial score (nSPS) is 20.5. The molecule has 0 saturated heterocycles. The van der Waals surface area contributed by atoms with E-state index in [1.165, 1.54) is 43.1 Å². The third kappa shape index (κ3) is 1.50. The number of fused-ring (bicyclic) bond motifs is 1. The molecule has 0 heterocycles. The Balaban J connectivity index is 2.00. The number of carbonyl (C=O) groups excluding carboxylic acids is 1. The largest absolute Gasteiger partial charge is 0.468 e. The molecule has 0 N–H and O–H groups in total. The van der Waals surface area contributed by atoms with Crippen LogP contribution in [0, 0.1) is 0 Å². The highest BCUT2D eigenvalue weighted by Gasteiger charge is 2.46. The van der Waals surface area contributed by atoms with Gasteiger partial charge in [0.05, 0.1) is 12.5 Å². The summed E-state index contributed by atoms with van der Waals surface area (Å²) in [4.78, 5) is 12.0. The molecular weight excluding hydrogens is 212 g/mol. The maximum atomic E-state index is 12.0. The number of carbonyl (C=O) groups is 1. The summed E-state index contributed by atoms with van der Waals surface area (Å²) < 4.78 is 4.99. The van der Waals surface area contributed by atoms with Gasteiger partial charge in [0.1, 0.15) is 0 Å². The van der Waals surface area contributed by atoms with Crippen LogP contribution in [0.3, 0.4) is 0 Å². The molecule has 2 heteroatoms. The van der Waals surface area contributed by atoms with E-state index in [0.717, 1.165) is 19.3 Å². The fourth-order valence-electron chi connectivity index (χ4n) is 3.21. The van der Waals surface area contributed by atoms with Crippen LogP contribution in [0.15, 0.2) is 18.2 Å². The number of hydrogen-bond acceptors (Lipinski definition) is 2. The van der Waals surface area contributed by atoms with E-state index in [1.54, 1.807) is 0 Å². The third-order valence-corrected chi connectivity index (χ3v) is 4.43. The molecule has 2 aliphatic rings. The van der Waals surface area contributed by atoms with Gasteiger partial charge in [-0.05, 0) is 48.8 Å². The number of benzene rings is 1. The summed E-state index contributed by atoms with van der Waals surface area (Å²) in [7, 11) is 1.50. The second-order valence-corrected chi connectivity index (χ2v) is 5.26. The van der Waals surface area contributed by atoms with Crippen LogP contribution in [0.5, 0.6) is 0 Å². The van der Waals surface area contributed by atoms with Crippen molar-refractivity contribution in [2.45, 2.75) is 43.9 Å². The molecule has 0 amide bonds. The Morgan fingerprint density at radius 1 is 1.18 bits per heavy atom. The van der Waals surface area contributed by atoms with Gasteiger partial charge in [0.25, 0.3) is 0 Å². The highest BCUT2D eigenvalue weighted by molar-refractivity contribution is 5.84. The number of rotatable bonds is 2. The first-order valence-corrected chi connectivity index (χ1v) is 6.47. The number of aryl methyl sites for hydroxylation is 2. The van der Waals surface area contributed by atoms with Gasteiger partial charge in [-0.1, -0.05) is 24.6 Å². The quantitative estimate of drug-likeness (QED) is 0.730. The summed E-state index contributed by atoms with van der Waals surface area (Å²) in [5.74, 6) is -0.0540. The molecule has 3 rings (SSSR count). The highest BCUT2D eigenvalue weighted by atomic mass is 16.5. The molecule has 1 aromatic carbocycles. The van der Waals surface area contributed by atoms with Crippen LogP contribution in [0.2, 0.25) is 0 Å². The van der Waals surface area contributed by atoms with Crippen molar-refractivity contribution in [3.8, 4) is 0 Å². The lowest BCUT2D eigenvalue weighted by Crippen LogP contribution is -2.43. The van der Waals surface area contributed by atoms with Gasteiger partial charge in [0.15, 0.2) is 0 Å². The summed E-state index contributed by atoms with van der Waals surface area (Å²) in [5.41, 5.74) is 3.76. The lowest BCUT2D eigenvalue weighted by molar-refractivity contribution is -0.151. The maximum Gasteiger partial charge on any atom is 0.316 e. The first-order chi connectivity index (χ1) is 8.26. The molecule has 1 fully saturated rings. The number of esters is 1. The van der Waals surface area contributed by atoms with E-state index in [0.29, 0.717) is 0 Å². The minimum Gasteiger partial charge on any atom is -0.468 e. The van der Waals surface area contributed by atoms with Crippen LogP contribution in [-0.4, -0.2) is 13.1 Å². The minimum absolute atomic E-state index is 0.0540. The smallest absolute Gasteiger partial charge is 0.316 e. The molecule has 0 atom stereocenters. The zero-order chi connectivity index (χ0) is 11.9. The maximum absolute atomic E-state index is 12.0. The molecule has 0 spiro atoms. The highest BCUT2D eigenvalue weighted by Crippen LogP contribution is 2.45. The average molecular weight is 230 g/mol. The van der Waals surface area contributed by atoms with E-state index >= 15 is 0 Å². The Bertz CT molecular complexity index is 458. The molecule has 0 aromatic heterocycles. The van der Waals surface area contributed by atoms with E-state index in [2.05, 4.69) is 18.2 Å². The summed E-state index contributed by atoms with van der Waals surface area (Å²) in [6.45, 7) is 0. The molecule has 0 unspecified atom stereocenters. The number of hydrogen-bond donors (Lipinski definition) is 0. The van der Waals surface area contributed by atoms with Gasteiger partial charge in [-0.2, -0.15) is 0 Å². The molecule has 1 aromatic rings. The number of ether oxygens (including phenoxy) is 1. The van der Waals surface area contributed by atoms with Crippen molar-refractivity contribution >= 4 is 5.97 Å². The predicted octanol–water partition coefficient (Wildman–Crippen LogP) is 2.77. The van der Waals surface area contributed by atoms with E-state index < -0.39 is 0 Å². The van der Waals surface area contributed by atoms with Crippen molar-refractivity contribution in [3.05, 3.63) is 34.9 Å². The van der Waals surface area contributed by atoms with E-state index in [1.807, 2.05) is 0 Å². The second kappa shape index (κ2) is 3.86. The van der Waals surface area contributed by atoms with Gasteiger partial charge in [-0.15, -0.1) is 0 Å². The van der Waals surface area contributed by atoms with Crippen molar-refractivity contribution in [3.63, 3.8) is 0 Å². The Morgan fingerprint density at radius 2 is 1.94 bits per heavy atom. The van der Waals surface area contributed by atoms with Gasteiger partial charge in [0, 0.05) is 0 Å². The molecule has 0 aliphatic heterocycles. The van der Waals surface area contributed by atoms with Gasteiger partial charge < -0.3 is 4.74 Å². The van der Waals surface area contributed by atoms with Crippen LogP contribution < -0.4 is 0 Å². The molecular formula is C15H18O2. The van der Waals surface area contributed by atoms with Crippen LogP contribution in [0.25, 0.3) is 0 Å². The summed E-state index contributed by atoms with van der Waals surface area (Å²) in [5, 5.41) is 0. The zero-order valence-electron chi connectivity index (χ0n) is 10.3. The molecule has 2 aliphatic carbocycles. The predicted molar refractivity (Wildman–Crippen MR) is 66.0 cm³/mol. The standard InChI is InChI=1S/C15H18O2/c1-17-14(16)15(8-3-9-15)13-7-6-11-4-2-5-12(11)10-13/h6-7,10H,2-5,8-9H2,1H3. The zero-order valence-corrected chi connectivity index (χ0v) is 10.3. The summed E-state index contributed by atoms with van der Waals surface area (Å²) in [6.07, 6.45) is 6.63. The molecule has 90 valence electrons. The topological polar surface area (TPSA) is 26.3 Å².